The molecule has 0 spiro atoms. The molecule has 9 nitrogen and oxygen atoms in total. The summed E-state index contributed by atoms with van der Waals surface area (Å²) in [7, 11) is 1.20. The molecular formula is C17H15N3O6. The third-order valence-corrected chi connectivity index (χ3v) is 3.61. The number of nitroso groups, excluding NO2 is 1. The van der Waals surface area contributed by atoms with E-state index in [2.05, 4.69) is 10.5 Å². The second-order valence-corrected chi connectivity index (χ2v) is 5.32. The Kier molecular flexibility index (Phi) is 6.10. The van der Waals surface area contributed by atoms with Gasteiger partial charge < -0.3 is 10.1 Å². The van der Waals surface area contributed by atoms with Crippen molar-refractivity contribution in [2.24, 2.45) is 5.18 Å². The van der Waals surface area contributed by atoms with Gasteiger partial charge in [-0.2, -0.15) is 0 Å². The molecule has 0 fully saturated rings. The molecule has 0 aliphatic rings. The fourth-order valence-corrected chi connectivity index (χ4v) is 2.24. The van der Waals surface area contributed by atoms with E-state index in [0.717, 1.165) is 0 Å². The molecule has 0 heterocycles. The molecule has 1 N–H and O–H groups in total. The number of nitrogens with one attached hydrogen (secondary N) is 1. The maximum Gasteiger partial charge on any atom is 0.328 e. The Balaban J connectivity index is 2.13. The lowest BCUT2D eigenvalue weighted by atomic mass is 10.0. The summed E-state index contributed by atoms with van der Waals surface area (Å²) in [5, 5.41) is 16.0. The van der Waals surface area contributed by atoms with E-state index in [9.17, 15) is 24.6 Å². The van der Waals surface area contributed by atoms with Crippen LogP contribution >= 0.6 is 0 Å². The normalized spacial score (nSPS) is 11.3. The van der Waals surface area contributed by atoms with Crippen molar-refractivity contribution in [3.63, 3.8) is 0 Å². The lowest BCUT2D eigenvalue weighted by Crippen LogP contribution is -2.43. The zero-order valence-electron chi connectivity index (χ0n) is 13.7. The van der Waals surface area contributed by atoms with Crippen LogP contribution in [-0.4, -0.2) is 30.0 Å². The van der Waals surface area contributed by atoms with Crippen LogP contribution in [0.25, 0.3) is 0 Å². The lowest BCUT2D eigenvalue weighted by molar-refractivity contribution is -0.384. The molecule has 2 aromatic carbocycles. The van der Waals surface area contributed by atoms with Crippen molar-refractivity contribution < 1.29 is 19.2 Å². The van der Waals surface area contributed by atoms with E-state index >= 15 is 0 Å². The molecule has 1 atom stereocenters. The Morgan fingerprint density at radius 1 is 1.15 bits per heavy atom. The Morgan fingerprint density at radius 3 is 2.27 bits per heavy atom. The number of hydrogen-bond donors (Lipinski definition) is 1. The van der Waals surface area contributed by atoms with Crippen LogP contribution in [0.3, 0.4) is 0 Å². The predicted molar refractivity (Wildman–Crippen MR) is 92.0 cm³/mol. The molecule has 2 aromatic rings. The van der Waals surface area contributed by atoms with Gasteiger partial charge in [-0.25, -0.2) is 4.79 Å². The van der Waals surface area contributed by atoms with Gasteiger partial charge in [0.25, 0.3) is 11.6 Å². The van der Waals surface area contributed by atoms with Crippen molar-refractivity contribution in [3.05, 3.63) is 74.7 Å². The molecule has 0 radical (unpaired) electrons. The van der Waals surface area contributed by atoms with Gasteiger partial charge in [0.05, 0.1) is 12.0 Å². The standard InChI is InChI=1S/C17H15N3O6/c1-26-17(22)15(10-11-2-8-14(9-3-11)20(24)25)18-16(21)12-4-6-13(19-23)7-5-12/h2-9,15H,10H2,1H3,(H,18,21). The number of carbonyl (C=O) groups excluding carboxylic acids is 2. The highest BCUT2D eigenvalue weighted by molar-refractivity contribution is 5.97. The van der Waals surface area contributed by atoms with Gasteiger partial charge in [-0.05, 0) is 35.0 Å². The zero-order valence-corrected chi connectivity index (χ0v) is 13.7. The predicted octanol–water partition coefficient (Wildman–Crippen LogP) is 2.51. The summed E-state index contributed by atoms with van der Waals surface area (Å²) in [5.41, 5.74) is 0.968. The maximum atomic E-state index is 12.3. The zero-order chi connectivity index (χ0) is 19.1. The summed E-state index contributed by atoms with van der Waals surface area (Å²) in [4.78, 5) is 44.8. The van der Waals surface area contributed by atoms with Crippen molar-refractivity contribution in [3.8, 4) is 0 Å². The number of methoxy groups -OCH3 is 1. The van der Waals surface area contributed by atoms with Gasteiger partial charge in [0.1, 0.15) is 11.7 Å². The number of non-ortho nitro benzene ring substituents is 1. The summed E-state index contributed by atoms with van der Waals surface area (Å²) >= 11 is 0. The maximum absolute atomic E-state index is 12.3. The van der Waals surface area contributed by atoms with Crippen LogP contribution in [-0.2, 0) is 16.0 Å². The van der Waals surface area contributed by atoms with Crippen molar-refractivity contribution in [2.45, 2.75) is 12.5 Å². The smallest absolute Gasteiger partial charge is 0.328 e. The van der Waals surface area contributed by atoms with Gasteiger partial charge in [-0.1, -0.05) is 12.1 Å². The van der Waals surface area contributed by atoms with E-state index < -0.39 is 22.8 Å². The minimum Gasteiger partial charge on any atom is -0.467 e. The van der Waals surface area contributed by atoms with Crippen LogP contribution in [0.2, 0.25) is 0 Å². The second kappa shape index (κ2) is 8.47. The fourth-order valence-electron chi connectivity index (χ4n) is 2.24. The first-order valence-corrected chi connectivity index (χ1v) is 7.50. The Morgan fingerprint density at radius 2 is 1.77 bits per heavy atom. The number of nitro benzene ring substituents is 1. The average molecular weight is 357 g/mol. The molecule has 134 valence electrons. The highest BCUT2D eigenvalue weighted by atomic mass is 16.6. The largest absolute Gasteiger partial charge is 0.467 e. The molecule has 0 aromatic heterocycles. The van der Waals surface area contributed by atoms with Crippen LogP contribution in [0.4, 0.5) is 11.4 Å². The number of amides is 1. The van der Waals surface area contributed by atoms with E-state index in [1.807, 2.05) is 0 Å². The summed E-state index contributed by atoms with van der Waals surface area (Å²) in [6, 6.07) is 10.2. The van der Waals surface area contributed by atoms with Gasteiger partial charge in [0.15, 0.2) is 0 Å². The first kappa shape index (κ1) is 18.7. The number of benzene rings is 2. The summed E-state index contributed by atoms with van der Waals surface area (Å²) in [5.74, 6) is -1.18. The van der Waals surface area contributed by atoms with Gasteiger partial charge >= 0.3 is 5.97 Å². The quantitative estimate of drug-likeness (QED) is 0.351. The molecule has 0 aliphatic heterocycles. The molecule has 2 rings (SSSR count). The third kappa shape index (κ3) is 4.69. The van der Waals surface area contributed by atoms with Crippen molar-refractivity contribution in [1.29, 1.82) is 0 Å². The van der Waals surface area contributed by atoms with E-state index in [4.69, 9.17) is 4.74 Å². The topological polar surface area (TPSA) is 128 Å². The first-order chi connectivity index (χ1) is 12.4. The average Bonchev–Trinajstić information content (AvgIpc) is 2.67. The molecule has 1 unspecified atom stereocenters. The minimum atomic E-state index is -0.974. The minimum absolute atomic E-state index is 0.0729. The Labute approximate surface area is 148 Å². The van der Waals surface area contributed by atoms with Crippen LogP contribution in [0.5, 0.6) is 0 Å². The van der Waals surface area contributed by atoms with E-state index in [-0.39, 0.29) is 23.4 Å². The SMILES string of the molecule is COC(=O)C(Cc1ccc([N+](=O)[O-])cc1)NC(=O)c1ccc(N=O)cc1. The molecule has 0 bridgehead atoms. The van der Waals surface area contributed by atoms with Gasteiger partial charge in [0.2, 0.25) is 0 Å². The lowest BCUT2D eigenvalue weighted by Gasteiger charge is -2.16. The molecular weight excluding hydrogens is 342 g/mol. The van der Waals surface area contributed by atoms with Gasteiger partial charge in [0, 0.05) is 24.1 Å². The van der Waals surface area contributed by atoms with E-state index in [1.165, 1.54) is 55.6 Å². The number of hydrogen-bond acceptors (Lipinski definition) is 7. The van der Waals surface area contributed by atoms with Gasteiger partial charge in [-0.3, -0.25) is 14.9 Å². The monoisotopic (exact) mass is 357 g/mol. The summed E-state index contributed by atoms with van der Waals surface area (Å²) in [6.07, 6.45) is 0.102. The van der Waals surface area contributed by atoms with E-state index in [0.29, 0.717) is 5.56 Å². The molecule has 0 saturated heterocycles. The van der Waals surface area contributed by atoms with Crippen molar-refractivity contribution >= 4 is 23.3 Å². The van der Waals surface area contributed by atoms with Crippen LogP contribution < -0.4 is 5.32 Å². The van der Waals surface area contributed by atoms with Crippen molar-refractivity contribution in [2.75, 3.05) is 7.11 Å². The number of rotatable bonds is 7. The van der Waals surface area contributed by atoms with E-state index in [1.54, 1.807) is 0 Å². The number of carbonyl (C=O) groups is 2. The molecule has 26 heavy (non-hydrogen) atoms. The van der Waals surface area contributed by atoms with Crippen LogP contribution in [0.15, 0.2) is 53.7 Å². The summed E-state index contributed by atoms with van der Waals surface area (Å²) in [6.45, 7) is 0. The molecule has 0 saturated carbocycles. The summed E-state index contributed by atoms with van der Waals surface area (Å²) < 4.78 is 4.70. The first-order valence-electron chi connectivity index (χ1n) is 7.50. The van der Waals surface area contributed by atoms with Crippen LogP contribution in [0.1, 0.15) is 15.9 Å². The Hall–Kier alpha value is -3.62. The van der Waals surface area contributed by atoms with Crippen LogP contribution in [0, 0.1) is 15.0 Å². The highest BCUT2D eigenvalue weighted by Gasteiger charge is 2.23. The fraction of sp³-hybridized carbons (Fsp3) is 0.176. The third-order valence-electron chi connectivity index (χ3n) is 3.61. The Bertz CT molecular complexity index is 817. The number of esters is 1. The highest BCUT2D eigenvalue weighted by Crippen LogP contribution is 2.15. The number of nitrogens with zero attached hydrogens (tertiary/aromatic N) is 2. The second-order valence-electron chi connectivity index (χ2n) is 5.32. The van der Waals surface area contributed by atoms with Crippen molar-refractivity contribution in [1.82, 2.24) is 5.32 Å². The number of nitro groups is 1. The molecule has 1 amide bonds. The number of ether oxygens (including phenoxy) is 1. The van der Waals surface area contributed by atoms with Gasteiger partial charge in [-0.15, -0.1) is 4.91 Å². The molecule has 9 heteroatoms. The molecule has 0 aliphatic carbocycles.